The predicted octanol–water partition coefficient (Wildman–Crippen LogP) is -2.19. The zero-order chi connectivity index (χ0) is 35.0. The Morgan fingerprint density at radius 3 is 1.73 bits per heavy atom. The largest absolute Gasteiger partial charge is 1.00 e. The number of likely N-dealkylation sites (N-methyl/N-ethyl adjacent to an activating group) is 2. The molecular formula is C38H48Br2N2O8S2. The quantitative estimate of drug-likeness (QED) is 0.142. The number of carbonyl (C=O) groups excluding carboxylic acids is 2. The molecule has 6 aliphatic rings. The van der Waals surface area contributed by atoms with E-state index in [0.29, 0.717) is 58.3 Å². The molecule has 6 aliphatic heterocycles. The van der Waals surface area contributed by atoms with Crippen LogP contribution in [0.15, 0.2) is 65.4 Å². The molecule has 6 fully saturated rings. The Hall–Kier alpha value is -1.72. The molecule has 1 unspecified atom stereocenters. The van der Waals surface area contributed by atoms with Crippen LogP contribution in [0.3, 0.4) is 0 Å². The fourth-order valence-electron chi connectivity index (χ4n) is 9.70. The first-order chi connectivity index (χ1) is 24.0. The Labute approximate surface area is 334 Å². The molecule has 10 nitrogen and oxygen atoms in total. The number of fused-ring (bicyclic) bond motifs is 10. The molecule has 6 saturated heterocycles. The number of hydrogen-bond donors (Lipinski definition) is 2. The second-order valence-corrected chi connectivity index (χ2v) is 17.4. The highest BCUT2D eigenvalue weighted by Crippen LogP contribution is 2.53. The van der Waals surface area contributed by atoms with Crippen molar-refractivity contribution >= 4 is 34.6 Å². The summed E-state index contributed by atoms with van der Waals surface area (Å²) < 4.78 is 25.3. The number of morpholine rings is 2. The number of esters is 2. The molecule has 0 aliphatic carbocycles. The van der Waals surface area contributed by atoms with Crippen molar-refractivity contribution in [2.24, 2.45) is 0 Å². The number of aliphatic hydroxyl groups excluding tert-OH is 1. The number of ether oxygens (including phenoxy) is 4. The van der Waals surface area contributed by atoms with Gasteiger partial charge in [0.05, 0.1) is 44.0 Å². The van der Waals surface area contributed by atoms with Crippen molar-refractivity contribution in [1.82, 2.24) is 0 Å². The molecule has 3 aromatic rings. The van der Waals surface area contributed by atoms with E-state index in [-0.39, 0.29) is 58.7 Å². The van der Waals surface area contributed by atoms with Gasteiger partial charge in [0.25, 0.3) is 0 Å². The first-order valence-electron chi connectivity index (χ1n) is 17.9. The lowest BCUT2D eigenvalue weighted by Crippen LogP contribution is -3.00. The van der Waals surface area contributed by atoms with Crippen molar-refractivity contribution < 1.29 is 81.7 Å². The second-order valence-electron chi connectivity index (χ2n) is 15.5. The van der Waals surface area contributed by atoms with Gasteiger partial charge >= 0.3 is 11.9 Å². The zero-order valence-corrected chi connectivity index (χ0v) is 34.6. The number of nitrogens with zero attached hydrogens (tertiary/aromatic N) is 2. The van der Waals surface area contributed by atoms with Gasteiger partial charge in [-0.05, 0) is 35.4 Å². The van der Waals surface area contributed by atoms with Gasteiger partial charge < -0.3 is 72.1 Å². The molecule has 2 aromatic heterocycles. The minimum atomic E-state index is -1.72. The number of thiophene rings is 2. The number of hydrogen-bond acceptors (Lipinski definition) is 10. The standard InChI is InChI=1S/C19H22NO4S2.C19H26NO4.2BrH/c1-20(2)12-9-11(10-13(20)17-16(12)24-17)23-18(21)19(22,14-5-3-7-25-14)15-6-4-8-26-15;1-3-20(2)15-9-13(10-16(20)18-17(15)24-18)23-19(22)14(11-21)12-7-5-4-6-8-12;;/h3-8,11-13,16-17,22H,9-10H2,1-2H3;4-8,13-18,21H,3,9-11H2,1-2H3;2*1H/q2*+1;;/p-2/t11-,12-,13+,16-,17+;13-,14-,15-,16+,17-,18+,20?;;/m.1../s1. The lowest BCUT2D eigenvalue weighted by Gasteiger charge is -2.47. The minimum Gasteiger partial charge on any atom is -1.00 e. The van der Waals surface area contributed by atoms with Gasteiger partial charge in [0.15, 0.2) is 0 Å². The third-order valence-corrected chi connectivity index (χ3v) is 14.8. The average Bonchev–Trinajstić information content (AvgIpc) is 3.88. The molecule has 0 spiro atoms. The van der Waals surface area contributed by atoms with E-state index in [1.807, 2.05) is 53.2 Å². The number of epoxide rings is 2. The number of benzene rings is 1. The van der Waals surface area contributed by atoms with Crippen LogP contribution in [0.5, 0.6) is 0 Å². The van der Waals surface area contributed by atoms with E-state index in [9.17, 15) is 19.8 Å². The molecule has 12 atom stereocenters. The van der Waals surface area contributed by atoms with Crippen molar-refractivity contribution in [3.63, 3.8) is 0 Å². The zero-order valence-electron chi connectivity index (χ0n) is 29.8. The van der Waals surface area contributed by atoms with E-state index >= 15 is 0 Å². The van der Waals surface area contributed by atoms with Crippen molar-refractivity contribution in [2.45, 2.75) is 105 Å². The van der Waals surface area contributed by atoms with Crippen LogP contribution >= 0.6 is 22.7 Å². The van der Waals surface area contributed by atoms with Gasteiger partial charge in [0.1, 0.15) is 66.7 Å². The normalized spacial score (nSPS) is 36.0. The highest BCUT2D eigenvalue weighted by atomic mass is 79.9. The molecule has 1 aromatic carbocycles. The summed E-state index contributed by atoms with van der Waals surface area (Å²) in [4.78, 5) is 26.9. The second kappa shape index (κ2) is 15.1. The fraction of sp³-hybridized carbons (Fsp3) is 0.579. The topological polar surface area (TPSA) is 118 Å². The average molecular weight is 885 g/mol. The number of quaternary nitrogens is 2. The summed E-state index contributed by atoms with van der Waals surface area (Å²) in [5.74, 6) is -1.47. The molecule has 4 bridgehead atoms. The maximum absolute atomic E-state index is 13.1. The third-order valence-electron chi connectivity index (χ3n) is 12.8. The van der Waals surface area contributed by atoms with Crippen molar-refractivity contribution in [3.05, 3.63) is 80.7 Å². The van der Waals surface area contributed by atoms with E-state index in [2.05, 4.69) is 28.1 Å². The van der Waals surface area contributed by atoms with E-state index < -0.39 is 17.5 Å². The Balaban J connectivity index is 0.000000172. The predicted molar refractivity (Wildman–Crippen MR) is 187 cm³/mol. The van der Waals surface area contributed by atoms with Crippen LogP contribution in [0.1, 0.15) is 53.8 Å². The fourth-order valence-corrected chi connectivity index (χ4v) is 11.4. The number of carbonyl (C=O) groups is 2. The van der Waals surface area contributed by atoms with Crippen LogP contribution in [0.25, 0.3) is 0 Å². The number of aliphatic hydroxyl groups is 2. The van der Waals surface area contributed by atoms with Gasteiger partial charge in [-0.2, -0.15) is 0 Å². The van der Waals surface area contributed by atoms with Gasteiger partial charge in [-0.15, -0.1) is 22.7 Å². The number of rotatable bonds is 9. The number of piperidine rings is 2. The summed E-state index contributed by atoms with van der Waals surface area (Å²) in [6, 6.07) is 18.2. The van der Waals surface area contributed by atoms with E-state index in [1.165, 1.54) is 22.7 Å². The van der Waals surface area contributed by atoms with Gasteiger partial charge in [0, 0.05) is 25.7 Å². The third kappa shape index (κ3) is 6.66. The molecule has 2 N–H and O–H groups in total. The summed E-state index contributed by atoms with van der Waals surface area (Å²) in [6.07, 6.45) is 4.42. The Morgan fingerprint density at radius 1 is 0.788 bits per heavy atom. The lowest BCUT2D eigenvalue weighted by molar-refractivity contribution is -0.954. The van der Waals surface area contributed by atoms with Crippen LogP contribution in [0.2, 0.25) is 0 Å². The van der Waals surface area contributed by atoms with Crippen LogP contribution in [0, 0.1) is 0 Å². The van der Waals surface area contributed by atoms with Gasteiger partial charge in [-0.1, -0.05) is 42.5 Å². The molecule has 0 amide bonds. The maximum Gasteiger partial charge on any atom is 0.349 e. The summed E-state index contributed by atoms with van der Waals surface area (Å²) >= 11 is 2.74. The highest BCUT2D eigenvalue weighted by Gasteiger charge is 2.72. The first-order valence-corrected chi connectivity index (χ1v) is 19.6. The smallest absolute Gasteiger partial charge is 0.349 e. The molecule has 284 valence electrons. The van der Waals surface area contributed by atoms with Gasteiger partial charge in [-0.3, -0.25) is 4.79 Å². The van der Waals surface area contributed by atoms with Crippen LogP contribution in [0.4, 0.5) is 0 Å². The van der Waals surface area contributed by atoms with E-state index in [1.54, 1.807) is 12.1 Å². The van der Waals surface area contributed by atoms with Crippen LogP contribution < -0.4 is 34.0 Å². The first kappa shape index (κ1) is 40.0. The van der Waals surface area contributed by atoms with Crippen molar-refractivity contribution in [2.75, 3.05) is 34.3 Å². The van der Waals surface area contributed by atoms with Crippen molar-refractivity contribution in [3.8, 4) is 0 Å². The molecular weight excluding hydrogens is 836 g/mol. The van der Waals surface area contributed by atoms with Crippen LogP contribution in [-0.4, -0.2) is 126 Å². The van der Waals surface area contributed by atoms with Crippen molar-refractivity contribution in [1.29, 1.82) is 0 Å². The molecule has 0 saturated carbocycles. The molecule has 14 heteroatoms. The lowest BCUT2D eigenvalue weighted by atomic mass is 9.95. The van der Waals surface area contributed by atoms with Gasteiger partial charge in [0.2, 0.25) is 5.60 Å². The highest BCUT2D eigenvalue weighted by molar-refractivity contribution is 7.12. The summed E-state index contributed by atoms with van der Waals surface area (Å²) in [7, 11) is 6.80. The Kier molecular flexibility index (Phi) is 11.6. The van der Waals surface area contributed by atoms with E-state index in [4.69, 9.17) is 18.9 Å². The SMILES string of the molecule is CC[N+]1(C)[C@@H]2C[C@@H](OC(=O)[C@H](CO)c3ccccc3)C[C@H]1[C@@H]1O[C@@H]12.C[N+]1(C)[C@@H]2C[C@@H](OC(=O)C(O)(c3cccs3)c3cccs3)C[C@H]1[C@@H]1O[C@@H]12.[Br-].[Br-]. The molecule has 0 radical (unpaired) electrons. The molecule has 8 heterocycles. The molecule has 52 heavy (non-hydrogen) atoms. The number of halogens is 2. The monoisotopic (exact) mass is 882 g/mol. The summed E-state index contributed by atoms with van der Waals surface area (Å²) in [5.41, 5.74) is -0.910. The Morgan fingerprint density at radius 2 is 1.27 bits per heavy atom. The van der Waals surface area contributed by atoms with Crippen LogP contribution in [-0.2, 0) is 34.1 Å². The van der Waals surface area contributed by atoms with E-state index in [0.717, 1.165) is 46.8 Å². The Bertz CT molecular complexity index is 1620. The maximum atomic E-state index is 13.1. The van der Waals surface area contributed by atoms with Gasteiger partial charge in [-0.25, -0.2) is 4.79 Å². The molecule has 9 rings (SSSR count). The minimum absolute atomic E-state index is 0. The summed E-state index contributed by atoms with van der Waals surface area (Å²) in [5, 5.41) is 24.7. The summed E-state index contributed by atoms with van der Waals surface area (Å²) in [6.45, 7) is 3.10.